The summed E-state index contributed by atoms with van der Waals surface area (Å²) < 4.78 is 39.5. The molecule has 0 aliphatic rings. The van der Waals surface area contributed by atoms with E-state index in [0.717, 1.165) is 9.87 Å². The number of nitrogens with one attached hydrogen (secondary N) is 1. The van der Waals surface area contributed by atoms with Crippen molar-refractivity contribution in [2.24, 2.45) is 0 Å². The third kappa shape index (κ3) is 8.39. The third-order valence-corrected chi connectivity index (χ3v) is 8.42. The zero-order valence-corrected chi connectivity index (χ0v) is 26.3. The van der Waals surface area contributed by atoms with Gasteiger partial charge in [0.1, 0.15) is 24.1 Å². The molecule has 2 amide bonds. The Balaban J connectivity index is 2.08. The number of hydrogen-bond donors (Lipinski definition) is 1. The maximum Gasteiger partial charge on any atom is 0.264 e. The number of ether oxygens (including phenoxy) is 2. The molecule has 0 saturated carbocycles. The second-order valence-electron chi connectivity index (χ2n) is 10.7. The van der Waals surface area contributed by atoms with E-state index in [0.29, 0.717) is 22.9 Å². The molecular weight excluding hydrogens is 578 g/mol. The smallest absolute Gasteiger partial charge is 0.264 e. The molecule has 3 aromatic carbocycles. The minimum atomic E-state index is -4.24. The lowest BCUT2D eigenvalue weighted by atomic mass is 10.1. The predicted octanol–water partition coefficient (Wildman–Crippen LogP) is 5.27. The summed E-state index contributed by atoms with van der Waals surface area (Å²) >= 11 is 6.24. The number of carbonyl (C=O) groups is 2. The first kappa shape index (κ1) is 32.8. The Kier molecular flexibility index (Phi) is 10.9. The van der Waals surface area contributed by atoms with Crippen molar-refractivity contribution < 1.29 is 27.5 Å². The second kappa shape index (κ2) is 13.9. The Morgan fingerprint density at radius 3 is 2.14 bits per heavy atom. The molecule has 0 radical (unpaired) electrons. The molecule has 1 atom stereocenters. The fourth-order valence-electron chi connectivity index (χ4n) is 4.37. The van der Waals surface area contributed by atoms with E-state index in [1.54, 1.807) is 43.5 Å². The Labute approximate surface area is 253 Å². The lowest BCUT2D eigenvalue weighted by Gasteiger charge is -2.34. The summed E-state index contributed by atoms with van der Waals surface area (Å²) in [5.41, 5.74) is 0.386. The molecule has 42 heavy (non-hydrogen) atoms. The van der Waals surface area contributed by atoms with E-state index < -0.39 is 34.1 Å². The van der Waals surface area contributed by atoms with Crippen LogP contribution in [0.5, 0.6) is 11.5 Å². The number of amides is 2. The number of halogens is 1. The first-order valence-corrected chi connectivity index (χ1v) is 15.3. The van der Waals surface area contributed by atoms with Crippen LogP contribution in [0.15, 0.2) is 77.7 Å². The number of nitrogens with zero attached hydrogens (tertiary/aromatic N) is 2. The van der Waals surface area contributed by atoms with E-state index in [2.05, 4.69) is 5.32 Å². The van der Waals surface area contributed by atoms with Gasteiger partial charge in [-0.1, -0.05) is 36.7 Å². The molecule has 0 heterocycles. The molecular formula is C31H38ClN3O6S. The molecule has 0 aliphatic heterocycles. The Hall–Kier alpha value is -3.76. The maximum absolute atomic E-state index is 14.2. The van der Waals surface area contributed by atoms with E-state index in [1.165, 1.54) is 42.3 Å². The van der Waals surface area contributed by atoms with Crippen LogP contribution in [0.1, 0.15) is 39.7 Å². The van der Waals surface area contributed by atoms with Crippen LogP contribution in [0.4, 0.5) is 5.69 Å². The van der Waals surface area contributed by atoms with Gasteiger partial charge >= 0.3 is 0 Å². The summed E-state index contributed by atoms with van der Waals surface area (Å²) in [6, 6.07) is 18.5. The second-order valence-corrected chi connectivity index (χ2v) is 13.0. The summed E-state index contributed by atoms with van der Waals surface area (Å²) in [7, 11) is -1.21. The molecule has 0 saturated heterocycles. The normalized spacial score (nSPS) is 12.3. The standard InChI is InChI=1S/C31H38ClN3O6S/c1-7-28(30(37)33-31(2,3)4)34(20-22-10-8-13-26(18-22)41-6)29(36)21-35(24-12-9-11-23(32)19-24)42(38,39)27-16-14-25(40-5)15-17-27/h8-19,28H,7,20-21H2,1-6H3,(H,33,37). The van der Waals surface area contributed by atoms with Crippen molar-refractivity contribution in [1.82, 2.24) is 10.2 Å². The molecule has 0 spiro atoms. The number of benzene rings is 3. The Bertz CT molecular complexity index is 1490. The highest BCUT2D eigenvalue weighted by Gasteiger charge is 2.34. The lowest BCUT2D eigenvalue weighted by molar-refractivity contribution is -0.141. The number of sulfonamides is 1. The van der Waals surface area contributed by atoms with Crippen molar-refractivity contribution in [2.45, 2.75) is 57.1 Å². The van der Waals surface area contributed by atoms with Crippen molar-refractivity contribution in [1.29, 1.82) is 0 Å². The van der Waals surface area contributed by atoms with Gasteiger partial charge in [0.2, 0.25) is 11.8 Å². The first-order valence-electron chi connectivity index (χ1n) is 13.5. The van der Waals surface area contributed by atoms with Crippen molar-refractivity contribution in [3.8, 4) is 11.5 Å². The van der Waals surface area contributed by atoms with Crippen LogP contribution in [-0.4, -0.2) is 57.5 Å². The van der Waals surface area contributed by atoms with Gasteiger partial charge in [-0.05, 0) is 87.4 Å². The quantitative estimate of drug-likeness (QED) is 0.297. The van der Waals surface area contributed by atoms with Gasteiger partial charge in [-0.3, -0.25) is 13.9 Å². The van der Waals surface area contributed by atoms with E-state index in [1.807, 2.05) is 33.8 Å². The van der Waals surface area contributed by atoms with Gasteiger partial charge in [-0.25, -0.2) is 8.42 Å². The molecule has 3 aromatic rings. The highest BCUT2D eigenvalue weighted by atomic mass is 35.5. The van der Waals surface area contributed by atoms with Crippen LogP contribution in [-0.2, 0) is 26.2 Å². The van der Waals surface area contributed by atoms with Gasteiger partial charge in [0.15, 0.2) is 0 Å². The van der Waals surface area contributed by atoms with Gasteiger partial charge in [0.25, 0.3) is 10.0 Å². The molecule has 1 unspecified atom stereocenters. The topological polar surface area (TPSA) is 105 Å². The first-order chi connectivity index (χ1) is 19.8. The Morgan fingerprint density at radius 2 is 1.57 bits per heavy atom. The van der Waals surface area contributed by atoms with Gasteiger partial charge < -0.3 is 19.7 Å². The van der Waals surface area contributed by atoms with Crippen LogP contribution < -0.4 is 19.1 Å². The third-order valence-electron chi connectivity index (χ3n) is 6.39. The van der Waals surface area contributed by atoms with E-state index in [4.69, 9.17) is 21.1 Å². The largest absolute Gasteiger partial charge is 0.497 e. The summed E-state index contributed by atoms with van der Waals surface area (Å²) in [6.07, 6.45) is 0.306. The van der Waals surface area contributed by atoms with Crippen LogP contribution >= 0.6 is 11.6 Å². The highest BCUT2D eigenvalue weighted by Crippen LogP contribution is 2.28. The number of anilines is 1. The van der Waals surface area contributed by atoms with Crippen LogP contribution in [0.3, 0.4) is 0 Å². The number of methoxy groups -OCH3 is 2. The molecule has 226 valence electrons. The summed E-state index contributed by atoms with van der Waals surface area (Å²) in [5, 5.41) is 3.26. The van der Waals surface area contributed by atoms with Crippen molar-refractivity contribution in [3.05, 3.63) is 83.4 Å². The van der Waals surface area contributed by atoms with E-state index >= 15 is 0 Å². The van der Waals surface area contributed by atoms with Crippen LogP contribution in [0.2, 0.25) is 5.02 Å². The molecule has 1 N–H and O–H groups in total. The molecule has 0 fully saturated rings. The average molecular weight is 616 g/mol. The van der Waals surface area contributed by atoms with E-state index in [9.17, 15) is 18.0 Å². The Morgan fingerprint density at radius 1 is 0.929 bits per heavy atom. The summed E-state index contributed by atoms with van der Waals surface area (Å²) in [5.74, 6) is 0.175. The van der Waals surface area contributed by atoms with Gasteiger partial charge in [0, 0.05) is 17.1 Å². The predicted molar refractivity (Wildman–Crippen MR) is 164 cm³/mol. The minimum Gasteiger partial charge on any atom is -0.497 e. The van der Waals surface area contributed by atoms with Crippen molar-refractivity contribution in [3.63, 3.8) is 0 Å². The summed E-state index contributed by atoms with van der Waals surface area (Å²) in [6.45, 7) is 6.86. The average Bonchev–Trinajstić information content (AvgIpc) is 2.94. The van der Waals surface area contributed by atoms with Crippen molar-refractivity contribution >= 4 is 39.1 Å². The van der Waals surface area contributed by atoms with Crippen LogP contribution in [0.25, 0.3) is 0 Å². The molecule has 0 bridgehead atoms. The van der Waals surface area contributed by atoms with E-state index in [-0.39, 0.29) is 23.0 Å². The van der Waals surface area contributed by atoms with Gasteiger partial charge in [-0.15, -0.1) is 0 Å². The molecule has 0 aromatic heterocycles. The highest BCUT2D eigenvalue weighted by molar-refractivity contribution is 7.92. The molecule has 0 aliphatic carbocycles. The van der Waals surface area contributed by atoms with Gasteiger partial charge in [0.05, 0.1) is 24.8 Å². The minimum absolute atomic E-state index is 0.0343. The fraction of sp³-hybridized carbons (Fsp3) is 0.355. The number of carbonyl (C=O) groups excluding carboxylic acids is 2. The molecule has 11 heteroatoms. The zero-order valence-electron chi connectivity index (χ0n) is 24.8. The van der Waals surface area contributed by atoms with Crippen molar-refractivity contribution in [2.75, 3.05) is 25.1 Å². The lowest BCUT2D eigenvalue weighted by Crippen LogP contribution is -2.55. The number of rotatable bonds is 12. The molecule has 9 nitrogen and oxygen atoms in total. The number of hydrogen-bond acceptors (Lipinski definition) is 6. The summed E-state index contributed by atoms with van der Waals surface area (Å²) in [4.78, 5) is 29.0. The zero-order chi connectivity index (χ0) is 31.1. The molecule has 3 rings (SSSR count). The van der Waals surface area contributed by atoms with Gasteiger partial charge in [-0.2, -0.15) is 0 Å². The maximum atomic E-state index is 14.2. The van der Waals surface area contributed by atoms with Crippen LogP contribution in [0, 0.1) is 0 Å². The fourth-order valence-corrected chi connectivity index (χ4v) is 5.97. The SMILES string of the molecule is CCC(C(=O)NC(C)(C)C)N(Cc1cccc(OC)c1)C(=O)CN(c1cccc(Cl)c1)S(=O)(=O)c1ccc(OC)cc1. The monoisotopic (exact) mass is 615 g/mol.